The first-order chi connectivity index (χ1) is 16.8. The maximum absolute atomic E-state index is 13.3. The third-order valence-corrected chi connectivity index (χ3v) is 6.56. The summed E-state index contributed by atoms with van der Waals surface area (Å²) in [7, 11) is 0. The second-order valence-corrected chi connectivity index (χ2v) is 9.11. The van der Waals surface area contributed by atoms with E-state index in [1.165, 1.54) is 9.13 Å². The molecule has 0 saturated heterocycles. The van der Waals surface area contributed by atoms with E-state index in [0.717, 1.165) is 22.9 Å². The number of aromatic amines is 1. The molecular weight excluding hydrogens is 466 g/mol. The minimum atomic E-state index is -0.825. The monoisotopic (exact) mass is 491 g/mol. The third kappa shape index (κ3) is 4.97. The number of carbonyl (C=O) groups excluding carboxylic acids is 1. The van der Waals surface area contributed by atoms with E-state index < -0.39 is 17.0 Å². The zero-order valence-electron chi connectivity index (χ0n) is 19.4. The van der Waals surface area contributed by atoms with Crippen LogP contribution in [0, 0.1) is 6.92 Å². The van der Waals surface area contributed by atoms with Gasteiger partial charge in [-0.3, -0.25) is 28.5 Å². The predicted molar refractivity (Wildman–Crippen MR) is 137 cm³/mol. The molecule has 0 aliphatic rings. The number of nitrogens with one attached hydrogen (secondary N) is 1. The Morgan fingerprint density at radius 1 is 1.06 bits per heavy atom. The third-order valence-electron chi connectivity index (χ3n) is 5.59. The number of hydrogen-bond donors (Lipinski definition) is 2. The molecule has 4 aromatic rings. The molecule has 0 atom stereocenters. The molecule has 0 aliphatic heterocycles. The average Bonchev–Trinajstić information content (AvgIpc) is 2.83. The Balaban J connectivity index is 1.71. The number of benzene rings is 2. The van der Waals surface area contributed by atoms with Gasteiger partial charge in [-0.1, -0.05) is 60.6 Å². The number of thioether (sulfide) groups is 1. The first-order valence-corrected chi connectivity index (χ1v) is 12.1. The molecule has 0 fully saturated rings. The molecule has 35 heavy (non-hydrogen) atoms. The summed E-state index contributed by atoms with van der Waals surface area (Å²) >= 11 is 1.05. The Bertz CT molecular complexity index is 1590. The lowest BCUT2D eigenvalue weighted by Crippen LogP contribution is -2.36. The summed E-state index contributed by atoms with van der Waals surface area (Å²) in [6, 6.07) is 14.8. The number of fused-ring (bicyclic) bond motifs is 1. The first kappa shape index (κ1) is 24.2. The number of nitrogen functional groups attached to an aromatic ring is 1. The number of hydrogen-bond acceptors (Lipinski definition) is 7. The molecule has 0 radical (unpaired) electrons. The van der Waals surface area contributed by atoms with E-state index in [1.54, 1.807) is 24.3 Å². The SMILES string of the molecule is CCCn1c(N)c(C(=O)CSc2nc3ccccc3c(=O)n2Cc2ccc(C)cc2)c(=O)[nH]c1=O. The second kappa shape index (κ2) is 10.1. The highest BCUT2D eigenvalue weighted by atomic mass is 32.2. The maximum atomic E-state index is 13.3. The number of carbonyl (C=O) groups is 1. The van der Waals surface area contributed by atoms with Gasteiger partial charge in [0, 0.05) is 6.54 Å². The molecule has 0 aliphatic carbocycles. The summed E-state index contributed by atoms with van der Waals surface area (Å²) in [5.41, 5.74) is 6.59. The van der Waals surface area contributed by atoms with Gasteiger partial charge in [-0.15, -0.1) is 0 Å². The van der Waals surface area contributed by atoms with Crippen LogP contribution in [0.15, 0.2) is 68.1 Å². The van der Waals surface area contributed by atoms with Crippen molar-refractivity contribution in [3.05, 3.63) is 96.4 Å². The summed E-state index contributed by atoms with van der Waals surface area (Å²) in [4.78, 5) is 57.6. The summed E-state index contributed by atoms with van der Waals surface area (Å²) in [5, 5.41) is 0.821. The van der Waals surface area contributed by atoms with E-state index in [0.29, 0.717) is 22.5 Å². The number of H-pyrrole nitrogens is 1. The summed E-state index contributed by atoms with van der Waals surface area (Å²) < 4.78 is 2.71. The van der Waals surface area contributed by atoms with Gasteiger partial charge in [0.05, 0.1) is 23.2 Å². The van der Waals surface area contributed by atoms with Crippen molar-refractivity contribution in [3.63, 3.8) is 0 Å². The average molecular weight is 492 g/mol. The van der Waals surface area contributed by atoms with Gasteiger partial charge in [-0.25, -0.2) is 9.78 Å². The van der Waals surface area contributed by atoms with Crippen LogP contribution in [0.25, 0.3) is 10.9 Å². The van der Waals surface area contributed by atoms with Crippen LogP contribution in [0.4, 0.5) is 5.82 Å². The van der Waals surface area contributed by atoms with Crippen molar-refractivity contribution in [2.75, 3.05) is 11.5 Å². The van der Waals surface area contributed by atoms with E-state index in [2.05, 4.69) is 9.97 Å². The van der Waals surface area contributed by atoms with Crippen LogP contribution in [-0.2, 0) is 13.1 Å². The van der Waals surface area contributed by atoms with Crippen LogP contribution in [0.2, 0.25) is 0 Å². The lowest BCUT2D eigenvalue weighted by Gasteiger charge is -2.14. The molecule has 0 amide bonds. The Morgan fingerprint density at radius 2 is 1.77 bits per heavy atom. The van der Waals surface area contributed by atoms with Gasteiger partial charge in [-0.05, 0) is 31.0 Å². The molecule has 180 valence electrons. The van der Waals surface area contributed by atoms with Crippen molar-refractivity contribution < 1.29 is 4.79 Å². The molecular formula is C25H25N5O4S. The molecule has 0 bridgehead atoms. The number of aryl methyl sites for hydroxylation is 1. The highest BCUT2D eigenvalue weighted by Gasteiger charge is 2.21. The van der Waals surface area contributed by atoms with Crippen LogP contribution in [0.1, 0.15) is 34.8 Å². The zero-order valence-corrected chi connectivity index (χ0v) is 20.2. The fraction of sp³-hybridized carbons (Fsp3) is 0.240. The minimum Gasteiger partial charge on any atom is -0.384 e. The number of nitrogens with zero attached hydrogens (tertiary/aromatic N) is 3. The van der Waals surface area contributed by atoms with E-state index in [9.17, 15) is 19.2 Å². The fourth-order valence-corrected chi connectivity index (χ4v) is 4.65. The summed E-state index contributed by atoms with van der Waals surface area (Å²) in [6.45, 7) is 4.39. The van der Waals surface area contributed by atoms with E-state index >= 15 is 0 Å². The Labute approximate surface area is 204 Å². The second-order valence-electron chi connectivity index (χ2n) is 8.17. The molecule has 0 saturated carbocycles. The van der Waals surface area contributed by atoms with Crippen molar-refractivity contribution in [1.82, 2.24) is 19.1 Å². The molecule has 9 nitrogen and oxygen atoms in total. The van der Waals surface area contributed by atoms with Crippen molar-refractivity contribution in [1.29, 1.82) is 0 Å². The minimum absolute atomic E-state index is 0.158. The lowest BCUT2D eigenvalue weighted by molar-refractivity contribution is 0.102. The van der Waals surface area contributed by atoms with Gasteiger partial charge < -0.3 is 5.73 Å². The van der Waals surface area contributed by atoms with Crippen LogP contribution in [0.3, 0.4) is 0 Å². The molecule has 2 heterocycles. The quantitative estimate of drug-likeness (QED) is 0.220. The summed E-state index contributed by atoms with van der Waals surface area (Å²) in [6.07, 6.45) is 0.602. The van der Waals surface area contributed by atoms with Gasteiger partial charge >= 0.3 is 5.69 Å². The number of Topliss-reactive ketones (excluding diaryl/α,β-unsaturated/α-hetero) is 1. The van der Waals surface area contributed by atoms with E-state index in [4.69, 9.17) is 5.73 Å². The molecule has 2 aromatic carbocycles. The molecule has 0 spiro atoms. The van der Waals surface area contributed by atoms with Crippen molar-refractivity contribution >= 4 is 34.3 Å². The van der Waals surface area contributed by atoms with Gasteiger partial charge in [0.25, 0.3) is 11.1 Å². The van der Waals surface area contributed by atoms with Crippen LogP contribution in [-0.4, -0.2) is 30.6 Å². The topological polar surface area (TPSA) is 133 Å². The Kier molecular flexibility index (Phi) is 7.02. The van der Waals surface area contributed by atoms with Crippen LogP contribution in [0.5, 0.6) is 0 Å². The largest absolute Gasteiger partial charge is 0.384 e. The van der Waals surface area contributed by atoms with Crippen molar-refractivity contribution in [3.8, 4) is 0 Å². The number of ketones is 1. The van der Waals surface area contributed by atoms with E-state index in [-0.39, 0.29) is 35.8 Å². The first-order valence-electron chi connectivity index (χ1n) is 11.1. The standard InChI is InChI=1S/C25H25N5O4S/c1-3-12-29-21(26)20(22(32)28-24(29)34)19(31)14-35-25-27-18-7-5-4-6-17(18)23(33)30(25)13-16-10-8-15(2)9-11-16/h4-11H,3,12-14,26H2,1-2H3,(H,28,32,34). The number of anilines is 1. The molecule has 0 unspecified atom stereocenters. The van der Waals surface area contributed by atoms with Gasteiger partial charge in [0.1, 0.15) is 11.4 Å². The number of para-hydroxylation sites is 1. The Morgan fingerprint density at radius 3 is 2.49 bits per heavy atom. The molecule has 3 N–H and O–H groups in total. The van der Waals surface area contributed by atoms with Crippen LogP contribution < -0.4 is 22.5 Å². The highest BCUT2D eigenvalue weighted by Crippen LogP contribution is 2.21. The number of rotatable bonds is 8. The van der Waals surface area contributed by atoms with E-state index in [1.807, 2.05) is 38.1 Å². The lowest BCUT2D eigenvalue weighted by atomic mass is 10.1. The molecule has 2 aromatic heterocycles. The predicted octanol–water partition coefficient (Wildman–Crippen LogP) is 2.57. The smallest absolute Gasteiger partial charge is 0.329 e. The van der Waals surface area contributed by atoms with Gasteiger partial charge in [0.2, 0.25) is 0 Å². The van der Waals surface area contributed by atoms with Crippen molar-refractivity contribution in [2.24, 2.45) is 0 Å². The number of nitrogens with two attached hydrogens (primary N) is 1. The number of aromatic nitrogens is 4. The van der Waals surface area contributed by atoms with Crippen LogP contribution >= 0.6 is 11.8 Å². The zero-order chi connectivity index (χ0) is 25.1. The Hall–Kier alpha value is -3.92. The molecule has 10 heteroatoms. The van der Waals surface area contributed by atoms with Gasteiger partial charge in [-0.2, -0.15) is 0 Å². The van der Waals surface area contributed by atoms with Gasteiger partial charge in [0.15, 0.2) is 10.9 Å². The maximum Gasteiger partial charge on any atom is 0.329 e. The molecule has 4 rings (SSSR count). The highest BCUT2D eigenvalue weighted by molar-refractivity contribution is 7.99. The normalized spacial score (nSPS) is 11.1. The van der Waals surface area contributed by atoms with Crippen molar-refractivity contribution in [2.45, 2.75) is 38.5 Å². The fourth-order valence-electron chi connectivity index (χ4n) is 3.78. The summed E-state index contributed by atoms with van der Waals surface area (Å²) in [5.74, 6) is -0.895.